The van der Waals surface area contributed by atoms with Crippen molar-refractivity contribution in [2.75, 3.05) is 36.5 Å². The molecule has 1 aromatic rings. The summed E-state index contributed by atoms with van der Waals surface area (Å²) in [6, 6.07) is 0. The number of anilines is 2. The van der Waals surface area contributed by atoms with Crippen molar-refractivity contribution in [1.82, 2.24) is 9.97 Å². The van der Waals surface area contributed by atoms with Crippen LogP contribution in [0.3, 0.4) is 0 Å². The van der Waals surface area contributed by atoms with Crippen molar-refractivity contribution >= 4 is 11.8 Å². The van der Waals surface area contributed by atoms with Gasteiger partial charge in [-0.15, -0.1) is 0 Å². The van der Waals surface area contributed by atoms with Gasteiger partial charge in [-0.3, -0.25) is 0 Å². The summed E-state index contributed by atoms with van der Waals surface area (Å²) in [6.45, 7) is 6.96. The molecule has 0 bridgehead atoms. The first-order valence-electron chi connectivity index (χ1n) is 6.83. The summed E-state index contributed by atoms with van der Waals surface area (Å²) in [5.74, 6) is 0.471. The van der Waals surface area contributed by atoms with Crippen molar-refractivity contribution in [3.8, 4) is 0 Å². The molecule has 1 unspecified atom stereocenters. The largest absolute Gasteiger partial charge is 0.377 e. The molecule has 0 saturated carbocycles. The van der Waals surface area contributed by atoms with Gasteiger partial charge in [0.25, 0.3) is 0 Å². The summed E-state index contributed by atoms with van der Waals surface area (Å²) in [7, 11) is 0. The molecule has 6 heteroatoms. The summed E-state index contributed by atoms with van der Waals surface area (Å²) in [4.78, 5) is 10.2. The van der Waals surface area contributed by atoms with Crippen molar-refractivity contribution in [2.24, 2.45) is 0 Å². The fourth-order valence-corrected chi connectivity index (χ4v) is 2.09. The van der Waals surface area contributed by atoms with E-state index in [4.69, 9.17) is 4.74 Å². The molecule has 106 valence electrons. The van der Waals surface area contributed by atoms with E-state index in [0.717, 1.165) is 25.9 Å². The third-order valence-electron chi connectivity index (χ3n) is 3.01. The Labute approximate surface area is 113 Å². The average molecular weight is 268 g/mol. The quantitative estimate of drug-likeness (QED) is 0.905. The molecule has 1 fully saturated rings. The first-order valence-corrected chi connectivity index (χ1v) is 6.83. The lowest BCUT2D eigenvalue weighted by Gasteiger charge is -2.23. The van der Waals surface area contributed by atoms with E-state index in [9.17, 15) is 4.39 Å². The maximum absolute atomic E-state index is 13.9. The van der Waals surface area contributed by atoms with Crippen LogP contribution in [0.5, 0.6) is 0 Å². The Kier molecular flexibility index (Phi) is 4.90. The fourth-order valence-electron chi connectivity index (χ4n) is 2.09. The minimum atomic E-state index is -0.379. The lowest BCUT2D eigenvalue weighted by Crippen LogP contribution is -2.31. The molecule has 1 aromatic heterocycles. The van der Waals surface area contributed by atoms with Crippen LogP contribution in [0.1, 0.15) is 26.7 Å². The molecule has 1 N–H and O–H groups in total. The van der Waals surface area contributed by atoms with Crippen molar-refractivity contribution in [3.63, 3.8) is 0 Å². The number of halogens is 1. The molecular weight excluding hydrogens is 247 g/mol. The molecule has 1 aliphatic heterocycles. The maximum atomic E-state index is 13.9. The van der Waals surface area contributed by atoms with E-state index in [1.54, 1.807) is 0 Å². The first-order chi connectivity index (χ1) is 9.20. The Morgan fingerprint density at radius 2 is 2.42 bits per heavy atom. The second-order valence-electron chi connectivity index (χ2n) is 4.77. The van der Waals surface area contributed by atoms with Crippen LogP contribution in [0.2, 0.25) is 0 Å². The second-order valence-corrected chi connectivity index (χ2v) is 4.77. The van der Waals surface area contributed by atoms with Gasteiger partial charge in [0, 0.05) is 26.2 Å². The summed E-state index contributed by atoms with van der Waals surface area (Å²) >= 11 is 0. The molecular formula is C13H21FN4O. The Hall–Kier alpha value is -1.43. The number of nitrogens with zero attached hydrogens (tertiary/aromatic N) is 3. The number of hydrogen-bond donors (Lipinski definition) is 1. The Balaban J connectivity index is 2.16. The first kappa shape index (κ1) is 14.0. The zero-order valence-corrected chi connectivity index (χ0v) is 11.5. The molecule has 2 rings (SSSR count). The molecule has 19 heavy (non-hydrogen) atoms. The Morgan fingerprint density at radius 1 is 1.58 bits per heavy atom. The van der Waals surface area contributed by atoms with Crippen LogP contribution in [0, 0.1) is 5.82 Å². The highest BCUT2D eigenvalue weighted by molar-refractivity contribution is 5.44. The predicted molar refractivity (Wildman–Crippen MR) is 73.0 cm³/mol. The van der Waals surface area contributed by atoms with Crippen LogP contribution < -0.4 is 10.2 Å². The molecule has 2 heterocycles. The third-order valence-corrected chi connectivity index (χ3v) is 3.01. The van der Waals surface area contributed by atoms with E-state index in [1.165, 1.54) is 6.20 Å². The molecule has 1 saturated heterocycles. The lowest BCUT2D eigenvalue weighted by molar-refractivity contribution is 0.0820. The normalized spacial score (nSPS) is 20.2. The monoisotopic (exact) mass is 268 g/mol. The lowest BCUT2D eigenvalue weighted by atomic mass is 10.3. The Bertz CT molecular complexity index is 416. The number of aromatic nitrogens is 2. The van der Waals surface area contributed by atoms with Gasteiger partial charge in [0.2, 0.25) is 5.95 Å². The minimum absolute atomic E-state index is 0.0870. The molecule has 0 aromatic carbocycles. The van der Waals surface area contributed by atoms with Crippen LogP contribution >= 0.6 is 0 Å². The maximum Gasteiger partial charge on any atom is 0.224 e. The van der Waals surface area contributed by atoms with Crippen LogP contribution in [0.25, 0.3) is 0 Å². The van der Waals surface area contributed by atoms with Gasteiger partial charge >= 0.3 is 0 Å². The number of nitrogens with one attached hydrogen (secondary N) is 1. The van der Waals surface area contributed by atoms with Gasteiger partial charge in [0.05, 0.1) is 12.3 Å². The highest BCUT2D eigenvalue weighted by Gasteiger charge is 2.20. The van der Waals surface area contributed by atoms with E-state index in [0.29, 0.717) is 24.9 Å². The highest BCUT2D eigenvalue weighted by atomic mass is 19.1. The van der Waals surface area contributed by atoms with Gasteiger partial charge in [-0.05, 0) is 19.8 Å². The molecule has 0 spiro atoms. The van der Waals surface area contributed by atoms with E-state index in [2.05, 4.69) is 22.2 Å². The summed E-state index contributed by atoms with van der Waals surface area (Å²) in [5.41, 5.74) is 0. The topological polar surface area (TPSA) is 50.3 Å². The van der Waals surface area contributed by atoms with E-state index < -0.39 is 0 Å². The van der Waals surface area contributed by atoms with Crippen molar-refractivity contribution < 1.29 is 9.13 Å². The van der Waals surface area contributed by atoms with Crippen molar-refractivity contribution in [1.29, 1.82) is 0 Å². The minimum Gasteiger partial charge on any atom is -0.377 e. The summed E-state index contributed by atoms with van der Waals surface area (Å²) in [5, 5.41) is 3.08. The summed E-state index contributed by atoms with van der Waals surface area (Å²) < 4.78 is 19.5. The van der Waals surface area contributed by atoms with Crippen molar-refractivity contribution in [2.45, 2.75) is 32.8 Å². The van der Waals surface area contributed by atoms with Gasteiger partial charge in [0.1, 0.15) is 0 Å². The number of ether oxygens (including phenoxy) is 1. The van der Waals surface area contributed by atoms with Crippen LogP contribution in [0.15, 0.2) is 6.20 Å². The van der Waals surface area contributed by atoms with E-state index >= 15 is 0 Å². The molecule has 0 amide bonds. The van der Waals surface area contributed by atoms with Gasteiger partial charge in [-0.25, -0.2) is 9.37 Å². The molecule has 0 aliphatic carbocycles. The average Bonchev–Trinajstić information content (AvgIpc) is 2.62. The van der Waals surface area contributed by atoms with E-state index in [-0.39, 0.29) is 11.9 Å². The summed E-state index contributed by atoms with van der Waals surface area (Å²) in [6.07, 6.45) is 3.18. The number of rotatable bonds is 4. The van der Waals surface area contributed by atoms with Gasteiger partial charge in [-0.1, -0.05) is 6.92 Å². The van der Waals surface area contributed by atoms with Crippen molar-refractivity contribution in [3.05, 3.63) is 12.0 Å². The van der Waals surface area contributed by atoms with Crippen LogP contribution in [-0.4, -0.2) is 42.3 Å². The third kappa shape index (κ3) is 3.76. The van der Waals surface area contributed by atoms with Crippen LogP contribution in [-0.2, 0) is 4.74 Å². The zero-order chi connectivity index (χ0) is 13.7. The van der Waals surface area contributed by atoms with Crippen LogP contribution in [0.4, 0.5) is 16.2 Å². The number of hydrogen-bond acceptors (Lipinski definition) is 5. The molecule has 1 atom stereocenters. The SMILES string of the molecule is CCCNc1ncc(F)c(N2CCCOC(C)C2)n1. The fraction of sp³-hybridized carbons (Fsp3) is 0.692. The highest BCUT2D eigenvalue weighted by Crippen LogP contribution is 2.20. The van der Waals surface area contributed by atoms with Gasteiger partial charge < -0.3 is 15.0 Å². The smallest absolute Gasteiger partial charge is 0.224 e. The standard InChI is InChI=1S/C13H21FN4O/c1-3-5-15-13-16-8-11(14)12(17-13)18-6-4-7-19-10(2)9-18/h8,10H,3-7,9H2,1-2H3,(H,15,16,17). The van der Waals surface area contributed by atoms with Gasteiger partial charge in [0.15, 0.2) is 11.6 Å². The van der Waals surface area contributed by atoms with Gasteiger partial charge in [-0.2, -0.15) is 4.98 Å². The molecule has 0 radical (unpaired) electrons. The molecule has 1 aliphatic rings. The molecule has 5 nitrogen and oxygen atoms in total. The second kappa shape index (κ2) is 6.65. The van der Waals surface area contributed by atoms with E-state index in [1.807, 2.05) is 11.8 Å². The Morgan fingerprint density at radius 3 is 3.21 bits per heavy atom. The zero-order valence-electron chi connectivity index (χ0n) is 11.5. The predicted octanol–water partition coefficient (Wildman–Crippen LogP) is 2.05.